The standard InChI is InChI=1S/C9H11BrFNO/c10-9-6(2-1-5-12)7(11)3-4-8(9)13/h3-4,13H,1-2,5,12H2. The quantitative estimate of drug-likeness (QED) is 0.861. The average molecular weight is 248 g/mol. The van der Waals surface area contributed by atoms with Gasteiger partial charge in [-0.1, -0.05) is 0 Å². The van der Waals surface area contributed by atoms with Crippen molar-refractivity contribution in [3.63, 3.8) is 0 Å². The molecule has 1 aromatic carbocycles. The molecule has 4 heteroatoms. The van der Waals surface area contributed by atoms with Gasteiger partial charge in [-0.15, -0.1) is 0 Å². The molecule has 0 unspecified atom stereocenters. The highest BCUT2D eigenvalue weighted by atomic mass is 79.9. The van der Waals surface area contributed by atoms with Gasteiger partial charge in [0.05, 0.1) is 4.47 Å². The number of hydrogen-bond acceptors (Lipinski definition) is 2. The van der Waals surface area contributed by atoms with Crippen molar-refractivity contribution in [1.29, 1.82) is 0 Å². The summed E-state index contributed by atoms with van der Waals surface area (Å²) in [5.41, 5.74) is 5.81. The lowest BCUT2D eigenvalue weighted by atomic mass is 10.1. The molecule has 0 radical (unpaired) electrons. The fourth-order valence-electron chi connectivity index (χ4n) is 1.09. The van der Waals surface area contributed by atoms with E-state index in [4.69, 9.17) is 5.73 Å². The van der Waals surface area contributed by atoms with Crippen molar-refractivity contribution < 1.29 is 9.50 Å². The molecule has 1 rings (SSSR count). The number of nitrogens with two attached hydrogens (primary N) is 1. The molecule has 2 nitrogen and oxygen atoms in total. The summed E-state index contributed by atoms with van der Waals surface area (Å²) < 4.78 is 13.6. The smallest absolute Gasteiger partial charge is 0.130 e. The predicted molar refractivity (Wildman–Crippen MR) is 53.1 cm³/mol. The second kappa shape index (κ2) is 4.58. The molecule has 0 aliphatic carbocycles. The Morgan fingerprint density at radius 2 is 2.15 bits per heavy atom. The fraction of sp³-hybridized carbons (Fsp3) is 0.333. The molecular weight excluding hydrogens is 237 g/mol. The molecule has 0 spiro atoms. The Balaban J connectivity index is 2.96. The van der Waals surface area contributed by atoms with Gasteiger partial charge < -0.3 is 10.8 Å². The van der Waals surface area contributed by atoms with Crippen LogP contribution in [-0.2, 0) is 6.42 Å². The number of rotatable bonds is 3. The minimum atomic E-state index is -0.307. The molecule has 0 amide bonds. The highest BCUT2D eigenvalue weighted by Gasteiger charge is 2.09. The van der Waals surface area contributed by atoms with Gasteiger partial charge in [0.1, 0.15) is 11.6 Å². The third-order valence-electron chi connectivity index (χ3n) is 1.80. The van der Waals surface area contributed by atoms with Gasteiger partial charge >= 0.3 is 0 Å². The fourth-order valence-corrected chi connectivity index (χ4v) is 1.61. The van der Waals surface area contributed by atoms with Gasteiger partial charge in [0.25, 0.3) is 0 Å². The average Bonchev–Trinajstić information content (AvgIpc) is 2.12. The molecule has 3 N–H and O–H groups in total. The van der Waals surface area contributed by atoms with Gasteiger partial charge in [-0.3, -0.25) is 0 Å². The maximum absolute atomic E-state index is 13.2. The summed E-state index contributed by atoms with van der Waals surface area (Å²) in [5.74, 6) is -0.244. The third kappa shape index (κ3) is 2.42. The summed E-state index contributed by atoms with van der Waals surface area (Å²) >= 11 is 3.13. The lowest BCUT2D eigenvalue weighted by molar-refractivity contribution is 0.467. The zero-order valence-corrected chi connectivity index (χ0v) is 8.64. The number of halogens is 2. The minimum absolute atomic E-state index is 0.0634. The topological polar surface area (TPSA) is 46.2 Å². The van der Waals surface area contributed by atoms with Crippen LogP contribution in [0.1, 0.15) is 12.0 Å². The van der Waals surface area contributed by atoms with Gasteiger partial charge in [-0.05, 0) is 47.4 Å². The predicted octanol–water partition coefficient (Wildman–Crippen LogP) is 2.19. The first-order valence-electron chi connectivity index (χ1n) is 4.02. The molecule has 0 bridgehead atoms. The van der Waals surface area contributed by atoms with Crippen LogP contribution in [0.4, 0.5) is 4.39 Å². The van der Waals surface area contributed by atoms with Crippen molar-refractivity contribution >= 4 is 15.9 Å². The van der Waals surface area contributed by atoms with Crippen LogP contribution in [0.25, 0.3) is 0 Å². The minimum Gasteiger partial charge on any atom is -0.507 e. The van der Waals surface area contributed by atoms with E-state index in [0.29, 0.717) is 29.4 Å². The zero-order valence-electron chi connectivity index (χ0n) is 7.06. The summed E-state index contributed by atoms with van der Waals surface area (Å²) in [6.45, 7) is 0.515. The monoisotopic (exact) mass is 247 g/mol. The van der Waals surface area contributed by atoms with E-state index in [9.17, 15) is 9.50 Å². The third-order valence-corrected chi connectivity index (χ3v) is 2.68. The Labute approximate surface area is 84.7 Å². The van der Waals surface area contributed by atoms with Crippen molar-refractivity contribution in [2.24, 2.45) is 5.73 Å². The van der Waals surface area contributed by atoms with E-state index >= 15 is 0 Å². The summed E-state index contributed by atoms with van der Waals surface area (Å²) in [4.78, 5) is 0. The highest BCUT2D eigenvalue weighted by Crippen LogP contribution is 2.30. The van der Waals surface area contributed by atoms with Crippen LogP contribution in [0.15, 0.2) is 16.6 Å². The van der Waals surface area contributed by atoms with E-state index in [2.05, 4.69) is 15.9 Å². The molecule has 0 atom stereocenters. The molecule has 0 saturated carbocycles. The number of aromatic hydroxyl groups is 1. The first-order chi connectivity index (χ1) is 6.16. The lowest BCUT2D eigenvalue weighted by Gasteiger charge is -2.06. The van der Waals surface area contributed by atoms with Crippen molar-refractivity contribution in [2.45, 2.75) is 12.8 Å². The summed E-state index contributed by atoms with van der Waals surface area (Å²) in [6, 6.07) is 2.58. The molecule has 0 heterocycles. The van der Waals surface area contributed by atoms with Crippen molar-refractivity contribution in [3.05, 3.63) is 28.0 Å². The van der Waals surface area contributed by atoms with E-state index in [1.165, 1.54) is 12.1 Å². The van der Waals surface area contributed by atoms with Crippen LogP contribution in [0.3, 0.4) is 0 Å². The van der Waals surface area contributed by atoms with Gasteiger partial charge in [0.15, 0.2) is 0 Å². The van der Waals surface area contributed by atoms with Gasteiger partial charge in [-0.2, -0.15) is 0 Å². The van der Waals surface area contributed by atoms with E-state index in [1.807, 2.05) is 0 Å². The molecular formula is C9H11BrFNO. The number of phenolic OH excluding ortho intramolecular Hbond substituents is 1. The maximum Gasteiger partial charge on any atom is 0.130 e. The number of benzene rings is 1. The van der Waals surface area contributed by atoms with Crippen molar-refractivity contribution in [1.82, 2.24) is 0 Å². The van der Waals surface area contributed by atoms with Crippen molar-refractivity contribution in [2.75, 3.05) is 6.54 Å². The molecule has 72 valence electrons. The molecule has 0 aliphatic heterocycles. The molecule has 0 aliphatic rings. The van der Waals surface area contributed by atoms with E-state index < -0.39 is 0 Å². The molecule has 0 fully saturated rings. The van der Waals surface area contributed by atoms with Crippen LogP contribution >= 0.6 is 15.9 Å². The zero-order chi connectivity index (χ0) is 9.84. The van der Waals surface area contributed by atoms with Crippen LogP contribution in [0, 0.1) is 5.82 Å². The first kappa shape index (κ1) is 10.5. The Bertz CT molecular complexity index is 304. The summed E-state index contributed by atoms with van der Waals surface area (Å²) in [5, 5.41) is 9.28. The van der Waals surface area contributed by atoms with Gasteiger partial charge in [0.2, 0.25) is 0 Å². The highest BCUT2D eigenvalue weighted by molar-refractivity contribution is 9.10. The Morgan fingerprint density at radius 1 is 1.46 bits per heavy atom. The maximum atomic E-state index is 13.2. The lowest BCUT2D eigenvalue weighted by Crippen LogP contribution is -2.02. The normalized spacial score (nSPS) is 10.4. The first-order valence-corrected chi connectivity index (χ1v) is 4.82. The van der Waals surface area contributed by atoms with E-state index in [0.717, 1.165) is 0 Å². The van der Waals surface area contributed by atoms with Crippen LogP contribution in [-0.4, -0.2) is 11.7 Å². The number of phenols is 1. The van der Waals surface area contributed by atoms with Crippen LogP contribution in [0.5, 0.6) is 5.75 Å². The largest absolute Gasteiger partial charge is 0.507 e. The Morgan fingerprint density at radius 3 is 2.77 bits per heavy atom. The molecule has 0 saturated heterocycles. The number of hydrogen-bond donors (Lipinski definition) is 2. The second-order valence-electron chi connectivity index (χ2n) is 2.75. The van der Waals surface area contributed by atoms with Gasteiger partial charge in [0, 0.05) is 5.56 Å². The SMILES string of the molecule is NCCCc1c(F)ccc(O)c1Br. The Hall–Kier alpha value is -0.610. The van der Waals surface area contributed by atoms with Crippen LogP contribution in [0.2, 0.25) is 0 Å². The van der Waals surface area contributed by atoms with Crippen molar-refractivity contribution in [3.8, 4) is 5.75 Å². The molecule has 1 aromatic rings. The Kier molecular flexibility index (Phi) is 3.69. The molecule has 0 aromatic heterocycles. The summed E-state index contributed by atoms with van der Waals surface area (Å²) in [6.07, 6.45) is 1.25. The van der Waals surface area contributed by atoms with E-state index in [-0.39, 0.29) is 11.6 Å². The molecule has 13 heavy (non-hydrogen) atoms. The second-order valence-corrected chi connectivity index (χ2v) is 3.54. The van der Waals surface area contributed by atoms with E-state index in [1.54, 1.807) is 0 Å². The van der Waals surface area contributed by atoms with Gasteiger partial charge in [-0.25, -0.2) is 4.39 Å². The summed E-state index contributed by atoms with van der Waals surface area (Å²) in [7, 11) is 0. The van der Waals surface area contributed by atoms with Crippen LogP contribution < -0.4 is 5.73 Å².